The average Bonchev–Trinajstić information content (AvgIpc) is 2.89. The van der Waals surface area contributed by atoms with E-state index in [-0.39, 0.29) is 12.1 Å². The molecule has 196 valence electrons. The first-order valence-electron chi connectivity index (χ1n) is 13.1. The number of fused-ring (bicyclic) bond motifs is 1. The molecular weight excluding hydrogens is 462 g/mol. The number of hydrogen-bond donors (Lipinski definition) is 4. The number of unbranched alkanes of at least 4 members (excludes halogenated alkanes) is 1. The number of aliphatic hydroxyl groups excluding tert-OH is 1. The van der Waals surface area contributed by atoms with Gasteiger partial charge in [-0.15, -0.1) is 0 Å². The van der Waals surface area contributed by atoms with E-state index >= 15 is 0 Å². The number of benzene rings is 2. The van der Waals surface area contributed by atoms with E-state index < -0.39 is 6.10 Å². The van der Waals surface area contributed by atoms with Crippen molar-refractivity contribution in [2.45, 2.75) is 78.0 Å². The third-order valence-electron chi connectivity index (χ3n) is 7.09. The summed E-state index contributed by atoms with van der Waals surface area (Å²) in [6.45, 7) is 8.46. The van der Waals surface area contributed by atoms with E-state index in [4.69, 9.17) is 21.7 Å². The minimum atomic E-state index is -0.532. The van der Waals surface area contributed by atoms with Crippen LogP contribution in [0.15, 0.2) is 53.6 Å². The number of aliphatic hydroxyl groups is 1. The summed E-state index contributed by atoms with van der Waals surface area (Å²) in [4.78, 5) is 12.7. The molecule has 2 unspecified atom stereocenters. The number of nitrogens with two attached hydrogens (primary N) is 2. The van der Waals surface area contributed by atoms with Crippen LogP contribution in [0.4, 0.5) is 5.82 Å². The Morgan fingerprint density at radius 3 is 2.08 bits per heavy atom. The van der Waals surface area contributed by atoms with Gasteiger partial charge in [0.25, 0.3) is 0 Å². The Kier molecular flexibility index (Phi) is 8.41. The molecule has 0 saturated heterocycles. The van der Waals surface area contributed by atoms with Crippen molar-refractivity contribution in [3.8, 4) is 22.5 Å². The van der Waals surface area contributed by atoms with Crippen LogP contribution in [0.3, 0.4) is 0 Å². The number of rotatable bonds is 8. The van der Waals surface area contributed by atoms with Gasteiger partial charge in [0, 0.05) is 30.0 Å². The molecule has 0 bridgehead atoms. The lowest BCUT2D eigenvalue weighted by Gasteiger charge is -2.43. The summed E-state index contributed by atoms with van der Waals surface area (Å²) in [5.41, 5.74) is 9.54. The van der Waals surface area contributed by atoms with Gasteiger partial charge in [0.05, 0.1) is 29.2 Å². The second-order valence-electron chi connectivity index (χ2n) is 10.2. The van der Waals surface area contributed by atoms with Gasteiger partial charge < -0.3 is 21.3 Å². The van der Waals surface area contributed by atoms with Crippen LogP contribution in [-0.2, 0) is 6.42 Å². The molecule has 3 aromatic rings. The Bertz CT molecular complexity index is 1220. The number of hydrazone groups is 1. The molecule has 8 nitrogen and oxygen atoms in total. The van der Waals surface area contributed by atoms with Crippen molar-refractivity contribution in [2.24, 2.45) is 16.8 Å². The van der Waals surface area contributed by atoms with Gasteiger partial charge in [-0.2, -0.15) is 5.10 Å². The number of nitrogens with zero attached hydrogens (tertiary/aromatic N) is 4. The molecule has 0 fully saturated rings. The highest BCUT2D eigenvalue weighted by Crippen LogP contribution is 2.38. The lowest BCUT2D eigenvalue weighted by atomic mass is 9.92. The monoisotopic (exact) mass is 501 g/mol. The van der Waals surface area contributed by atoms with Gasteiger partial charge in [-0.3, -0.25) is 0 Å². The molecule has 0 amide bonds. The maximum atomic E-state index is 11.3. The van der Waals surface area contributed by atoms with Crippen molar-refractivity contribution in [3.63, 3.8) is 0 Å². The van der Waals surface area contributed by atoms with Crippen LogP contribution in [-0.4, -0.2) is 39.1 Å². The van der Waals surface area contributed by atoms with E-state index in [2.05, 4.69) is 91.7 Å². The zero-order valence-electron chi connectivity index (χ0n) is 22.3. The first kappa shape index (κ1) is 26.6. The largest absolute Gasteiger partial charge is 0.391 e. The highest BCUT2D eigenvalue weighted by molar-refractivity contribution is 5.81. The molecule has 1 aromatic heterocycles. The molecule has 4 rings (SSSR count). The number of hydrazine groups is 1. The van der Waals surface area contributed by atoms with Crippen molar-refractivity contribution in [1.82, 2.24) is 15.4 Å². The highest BCUT2D eigenvalue weighted by atomic mass is 16.3. The Balaban J connectivity index is 1.73. The number of nitrogens with one attached hydrogen (secondary N) is 1. The summed E-state index contributed by atoms with van der Waals surface area (Å²) in [5.74, 6) is 12.3. The lowest BCUT2D eigenvalue weighted by Crippen LogP contribution is -2.52. The maximum absolute atomic E-state index is 11.3. The molecule has 8 heteroatoms. The van der Waals surface area contributed by atoms with Crippen LogP contribution in [0, 0.1) is 13.8 Å². The van der Waals surface area contributed by atoms with Gasteiger partial charge in [0.1, 0.15) is 5.84 Å². The molecule has 0 spiro atoms. The Morgan fingerprint density at radius 2 is 1.57 bits per heavy atom. The number of hydrogen-bond acceptors (Lipinski definition) is 7. The van der Waals surface area contributed by atoms with E-state index in [0.717, 1.165) is 53.3 Å². The van der Waals surface area contributed by atoms with Crippen LogP contribution >= 0.6 is 0 Å². The summed E-state index contributed by atoms with van der Waals surface area (Å²) in [6.07, 6.45) is 3.21. The predicted molar refractivity (Wildman–Crippen MR) is 151 cm³/mol. The minimum Gasteiger partial charge on any atom is -0.391 e. The quantitative estimate of drug-likeness (QED) is 0.120. The third-order valence-corrected chi connectivity index (χ3v) is 7.09. The molecule has 37 heavy (non-hydrogen) atoms. The van der Waals surface area contributed by atoms with Crippen molar-refractivity contribution in [1.29, 1.82) is 0 Å². The molecule has 0 aliphatic carbocycles. The van der Waals surface area contributed by atoms with Gasteiger partial charge in [-0.25, -0.2) is 15.8 Å². The molecule has 2 aromatic carbocycles. The van der Waals surface area contributed by atoms with Crippen LogP contribution in [0.1, 0.15) is 56.4 Å². The fourth-order valence-electron chi connectivity index (χ4n) is 5.09. The maximum Gasteiger partial charge on any atom is 0.151 e. The first-order chi connectivity index (χ1) is 17.8. The van der Waals surface area contributed by atoms with Gasteiger partial charge in [0.2, 0.25) is 0 Å². The number of aromatic nitrogens is 2. The van der Waals surface area contributed by atoms with Crippen molar-refractivity contribution in [2.75, 3.05) is 4.90 Å². The van der Waals surface area contributed by atoms with Crippen LogP contribution in [0.2, 0.25) is 0 Å². The molecule has 0 radical (unpaired) electrons. The third kappa shape index (κ3) is 5.92. The van der Waals surface area contributed by atoms with E-state index in [1.54, 1.807) is 0 Å². The summed E-state index contributed by atoms with van der Waals surface area (Å²) in [7, 11) is 0. The van der Waals surface area contributed by atoms with E-state index in [1.165, 1.54) is 11.1 Å². The second-order valence-corrected chi connectivity index (χ2v) is 10.2. The molecule has 1 aliphatic rings. The van der Waals surface area contributed by atoms with Crippen LogP contribution in [0.25, 0.3) is 22.5 Å². The standard InChI is InChI=1S/C29H39N7O/c1-18(2)36-24(7-5-6-8-26(34-30)35-31)25(37)17-23-29(36)33-28(22-15-11-20(4)12-16-22)27(32-23)21-13-9-19(3)10-14-21/h9-16,18,24-25,37H,5-8,17,30-31H2,1-4H3,(H,34,35). The van der Waals surface area contributed by atoms with Gasteiger partial charge in [-0.1, -0.05) is 66.1 Å². The van der Waals surface area contributed by atoms with E-state index in [1.807, 2.05) is 0 Å². The van der Waals surface area contributed by atoms with Crippen molar-refractivity contribution < 1.29 is 5.11 Å². The Labute approximate surface area is 219 Å². The fraction of sp³-hybridized carbons (Fsp3) is 0.414. The van der Waals surface area contributed by atoms with E-state index in [0.29, 0.717) is 18.7 Å². The molecule has 6 N–H and O–H groups in total. The summed E-state index contributed by atoms with van der Waals surface area (Å²) < 4.78 is 0. The topological polar surface area (TPSA) is 126 Å². The molecule has 0 saturated carbocycles. The van der Waals surface area contributed by atoms with Gasteiger partial charge in [0.15, 0.2) is 5.82 Å². The number of aryl methyl sites for hydroxylation is 2. The van der Waals surface area contributed by atoms with Crippen LogP contribution < -0.4 is 22.0 Å². The normalized spacial score (nSPS) is 17.7. The smallest absolute Gasteiger partial charge is 0.151 e. The zero-order valence-corrected chi connectivity index (χ0v) is 22.3. The van der Waals surface area contributed by atoms with Crippen molar-refractivity contribution in [3.05, 3.63) is 65.4 Å². The molecular formula is C29H39N7O. The van der Waals surface area contributed by atoms with Gasteiger partial charge >= 0.3 is 0 Å². The fourth-order valence-corrected chi connectivity index (χ4v) is 5.09. The van der Waals surface area contributed by atoms with Gasteiger partial charge in [-0.05, 0) is 40.5 Å². The highest BCUT2D eigenvalue weighted by Gasteiger charge is 2.37. The van der Waals surface area contributed by atoms with E-state index in [9.17, 15) is 5.11 Å². The SMILES string of the molecule is Cc1ccc(-c2nc3c(nc2-c2ccc(C)cc2)N(C(C)C)C(CCCC/C(=N/N)NN)C(O)C3)cc1. The molecule has 1 aliphatic heterocycles. The average molecular weight is 502 g/mol. The Hall–Kier alpha value is -3.49. The summed E-state index contributed by atoms with van der Waals surface area (Å²) >= 11 is 0. The lowest BCUT2D eigenvalue weighted by molar-refractivity contribution is 0.123. The van der Waals surface area contributed by atoms with Crippen molar-refractivity contribution >= 4 is 11.7 Å². The molecule has 2 heterocycles. The molecule has 2 atom stereocenters. The van der Waals surface area contributed by atoms with Crippen LogP contribution in [0.5, 0.6) is 0 Å². The minimum absolute atomic E-state index is 0.0537. The number of amidine groups is 1. The predicted octanol–water partition coefficient (Wildman–Crippen LogP) is 4.22. The Morgan fingerprint density at radius 1 is 1.00 bits per heavy atom. The first-order valence-corrected chi connectivity index (χ1v) is 13.1. The summed E-state index contributed by atoms with van der Waals surface area (Å²) in [6, 6.07) is 16.9. The number of anilines is 1. The second kappa shape index (κ2) is 11.7. The zero-order chi connectivity index (χ0) is 26.5. The summed E-state index contributed by atoms with van der Waals surface area (Å²) in [5, 5.41) is 14.9.